The summed E-state index contributed by atoms with van der Waals surface area (Å²) >= 11 is 0. The lowest BCUT2D eigenvalue weighted by atomic mass is 10.2. The molecule has 0 radical (unpaired) electrons. The summed E-state index contributed by atoms with van der Waals surface area (Å²) < 4.78 is 15.8. The Balaban J connectivity index is 1.78. The average molecular weight is 273 g/mol. The zero-order valence-corrected chi connectivity index (χ0v) is 11.9. The Morgan fingerprint density at radius 1 is 1.35 bits per heavy atom. The largest absolute Gasteiger partial charge is 0.310 e. The molecule has 3 nitrogen and oxygen atoms in total. The summed E-state index contributed by atoms with van der Waals surface area (Å²) in [6.45, 7) is 4.84. The molecule has 0 aliphatic heterocycles. The second kappa shape index (κ2) is 5.37. The van der Waals surface area contributed by atoms with Gasteiger partial charge >= 0.3 is 0 Å². The van der Waals surface area contributed by atoms with Crippen LogP contribution in [0.25, 0.3) is 5.69 Å². The third-order valence-corrected chi connectivity index (χ3v) is 3.58. The van der Waals surface area contributed by atoms with Gasteiger partial charge in [-0.2, -0.15) is 5.10 Å². The summed E-state index contributed by atoms with van der Waals surface area (Å²) in [5.74, 6) is 0.368. The highest BCUT2D eigenvalue weighted by atomic mass is 19.1. The number of nitrogens with zero attached hydrogens (tertiary/aromatic N) is 2. The first-order chi connectivity index (χ1) is 9.63. The van der Waals surface area contributed by atoms with E-state index < -0.39 is 0 Å². The van der Waals surface area contributed by atoms with Gasteiger partial charge in [0.1, 0.15) is 11.5 Å². The van der Waals surface area contributed by atoms with Gasteiger partial charge in [0.25, 0.3) is 0 Å². The van der Waals surface area contributed by atoms with Crippen LogP contribution in [0.15, 0.2) is 30.5 Å². The van der Waals surface area contributed by atoms with E-state index in [0.717, 1.165) is 11.3 Å². The van der Waals surface area contributed by atoms with Gasteiger partial charge in [0.05, 0.1) is 5.69 Å². The van der Waals surface area contributed by atoms with Crippen molar-refractivity contribution in [1.82, 2.24) is 15.1 Å². The van der Waals surface area contributed by atoms with E-state index in [1.54, 1.807) is 16.8 Å². The summed E-state index contributed by atoms with van der Waals surface area (Å²) in [6, 6.07) is 7.72. The number of halogens is 1. The second-order valence-corrected chi connectivity index (χ2v) is 5.78. The van der Waals surface area contributed by atoms with Gasteiger partial charge in [0.15, 0.2) is 0 Å². The Kier molecular flexibility index (Phi) is 3.57. The van der Waals surface area contributed by atoms with Crippen LogP contribution in [0.3, 0.4) is 0 Å². The van der Waals surface area contributed by atoms with Gasteiger partial charge in [-0.05, 0) is 36.6 Å². The van der Waals surface area contributed by atoms with Crippen LogP contribution in [-0.2, 0) is 6.54 Å². The highest BCUT2D eigenvalue weighted by Gasteiger charge is 2.26. The van der Waals surface area contributed by atoms with Crippen LogP contribution in [0.2, 0.25) is 0 Å². The topological polar surface area (TPSA) is 29.9 Å². The molecule has 1 aliphatic carbocycles. The number of benzene rings is 1. The number of hydrogen-bond acceptors (Lipinski definition) is 2. The molecule has 106 valence electrons. The van der Waals surface area contributed by atoms with E-state index in [2.05, 4.69) is 24.3 Å². The van der Waals surface area contributed by atoms with E-state index in [0.29, 0.717) is 24.2 Å². The monoisotopic (exact) mass is 273 g/mol. The van der Waals surface area contributed by atoms with Gasteiger partial charge in [-0.25, -0.2) is 9.07 Å². The van der Waals surface area contributed by atoms with E-state index in [1.807, 2.05) is 18.3 Å². The molecule has 20 heavy (non-hydrogen) atoms. The number of nitrogens with one attached hydrogen (secondary N) is 1. The molecule has 0 spiro atoms. The van der Waals surface area contributed by atoms with Crippen LogP contribution in [-0.4, -0.2) is 15.8 Å². The van der Waals surface area contributed by atoms with Crippen molar-refractivity contribution in [3.63, 3.8) is 0 Å². The van der Waals surface area contributed by atoms with E-state index in [-0.39, 0.29) is 5.82 Å². The molecule has 0 amide bonds. The van der Waals surface area contributed by atoms with Crippen molar-refractivity contribution in [3.8, 4) is 5.69 Å². The van der Waals surface area contributed by atoms with Gasteiger partial charge in [-0.15, -0.1) is 0 Å². The minimum Gasteiger partial charge on any atom is -0.310 e. The minimum absolute atomic E-state index is 0.224. The molecule has 3 rings (SSSR count). The fraction of sp³-hybridized carbons (Fsp3) is 0.438. The molecule has 0 bridgehead atoms. The smallest absolute Gasteiger partial charge is 0.149 e. The fourth-order valence-corrected chi connectivity index (χ4v) is 2.24. The molecular formula is C16H20FN3. The maximum atomic E-state index is 14.2. The van der Waals surface area contributed by atoms with E-state index >= 15 is 0 Å². The maximum Gasteiger partial charge on any atom is 0.149 e. The molecule has 4 heteroatoms. The lowest BCUT2D eigenvalue weighted by Crippen LogP contribution is -2.21. The first-order valence-corrected chi connectivity index (χ1v) is 7.21. The molecule has 1 N–H and O–H groups in total. The molecule has 1 heterocycles. The molecule has 1 fully saturated rings. The Morgan fingerprint density at radius 2 is 2.15 bits per heavy atom. The molecular weight excluding hydrogens is 253 g/mol. The molecule has 1 aromatic carbocycles. The first-order valence-electron chi connectivity index (χ1n) is 7.21. The average Bonchev–Trinajstić information content (AvgIpc) is 3.15. The van der Waals surface area contributed by atoms with Crippen LogP contribution in [0.1, 0.15) is 43.9 Å². The fourth-order valence-electron chi connectivity index (χ4n) is 2.24. The van der Waals surface area contributed by atoms with Crippen LogP contribution in [0.4, 0.5) is 4.39 Å². The molecule has 0 saturated heterocycles. The van der Waals surface area contributed by atoms with Crippen molar-refractivity contribution in [2.24, 2.45) is 0 Å². The normalized spacial score (nSPS) is 15.0. The molecule has 2 aromatic rings. The van der Waals surface area contributed by atoms with Crippen molar-refractivity contribution in [2.75, 3.05) is 0 Å². The summed E-state index contributed by atoms with van der Waals surface area (Å²) in [4.78, 5) is 0. The van der Waals surface area contributed by atoms with Crippen LogP contribution in [0, 0.1) is 5.82 Å². The lowest BCUT2D eigenvalue weighted by molar-refractivity contribution is 0.578. The standard InChI is InChI=1S/C16H20FN3/c1-11(2)18-10-12-3-6-16(14(17)9-12)20-8-7-15(19-20)13-4-5-13/h3,6-9,11,13,18H,4-5,10H2,1-2H3. The zero-order valence-electron chi connectivity index (χ0n) is 11.9. The third-order valence-electron chi connectivity index (χ3n) is 3.58. The van der Waals surface area contributed by atoms with Gasteiger partial charge in [-0.3, -0.25) is 0 Å². The van der Waals surface area contributed by atoms with E-state index in [4.69, 9.17) is 0 Å². The maximum absolute atomic E-state index is 14.2. The number of aromatic nitrogens is 2. The molecule has 0 atom stereocenters. The Hall–Kier alpha value is -1.68. The van der Waals surface area contributed by atoms with Gasteiger partial charge in [0.2, 0.25) is 0 Å². The predicted molar refractivity (Wildman–Crippen MR) is 77.5 cm³/mol. The third kappa shape index (κ3) is 2.90. The Bertz CT molecular complexity index is 600. The Labute approximate surface area is 118 Å². The Morgan fingerprint density at radius 3 is 2.80 bits per heavy atom. The minimum atomic E-state index is -0.224. The highest BCUT2D eigenvalue weighted by Crippen LogP contribution is 2.39. The quantitative estimate of drug-likeness (QED) is 0.905. The SMILES string of the molecule is CC(C)NCc1ccc(-n2ccc(C3CC3)n2)c(F)c1. The van der Waals surface area contributed by atoms with Crippen molar-refractivity contribution in [2.45, 2.75) is 45.2 Å². The van der Waals surface area contributed by atoms with Crippen LogP contribution in [0.5, 0.6) is 0 Å². The summed E-state index contributed by atoms with van der Waals surface area (Å²) in [5, 5.41) is 7.75. The first kappa shape index (κ1) is 13.3. The predicted octanol–water partition coefficient (Wildman–Crippen LogP) is 3.39. The van der Waals surface area contributed by atoms with Gasteiger partial charge in [-0.1, -0.05) is 19.9 Å². The van der Waals surface area contributed by atoms with Gasteiger partial charge < -0.3 is 5.32 Å². The van der Waals surface area contributed by atoms with E-state index in [9.17, 15) is 4.39 Å². The summed E-state index contributed by atoms with van der Waals surface area (Å²) in [6.07, 6.45) is 4.26. The second-order valence-electron chi connectivity index (χ2n) is 5.78. The highest BCUT2D eigenvalue weighted by molar-refractivity contribution is 5.36. The van der Waals surface area contributed by atoms with Crippen molar-refractivity contribution in [1.29, 1.82) is 0 Å². The number of hydrogen-bond donors (Lipinski definition) is 1. The summed E-state index contributed by atoms with van der Waals surface area (Å²) in [7, 11) is 0. The lowest BCUT2D eigenvalue weighted by Gasteiger charge is -2.10. The van der Waals surface area contributed by atoms with Crippen LogP contribution >= 0.6 is 0 Å². The molecule has 1 saturated carbocycles. The van der Waals surface area contributed by atoms with Gasteiger partial charge in [0, 0.05) is 24.7 Å². The zero-order chi connectivity index (χ0) is 14.1. The van der Waals surface area contributed by atoms with Crippen molar-refractivity contribution < 1.29 is 4.39 Å². The van der Waals surface area contributed by atoms with Crippen LogP contribution < -0.4 is 5.32 Å². The number of rotatable bonds is 5. The van der Waals surface area contributed by atoms with Crippen molar-refractivity contribution in [3.05, 3.63) is 47.5 Å². The van der Waals surface area contributed by atoms with Crippen molar-refractivity contribution >= 4 is 0 Å². The molecule has 0 unspecified atom stereocenters. The van der Waals surface area contributed by atoms with E-state index in [1.165, 1.54) is 12.8 Å². The molecule has 1 aliphatic rings. The molecule has 1 aromatic heterocycles. The summed E-state index contributed by atoms with van der Waals surface area (Å²) in [5.41, 5.74) is 2.55.